The molecule has 2 heterocycles. The van der Waals surface area contributed by atoms with Crippen molar-refractivity contribution in [2.75, 3.05) is 42.1 Å². The van der Waals surface area contributed by atoms with Crippen LogP contribution in [-0.2, 0) is 21.2 Å². The van der Waals surface area contributed by atoms with E-state index in [4.69, 9.17) is 11.6 Å². The minimum atomic E-state index is -3.44. The van der Waals surface area contributed by atoms with Gasteiger partial charge in [0.1, 0.15) is 6.04 Å². The zero-order valence-electron chi connectivity index (χ0n) is 21.9. The van der Waals surface area contributed by atoms with Crippen LogP contribution in [0.25, 0.3) is 10.9 Å². The number of halogens is 1. The quantitative estimate of drug-likeness (QED) is 0.295. The number of aromatic nitrogens is 1. The summed E-state index contributed by atoms with van der Waals surface area (Å²) in [7, 11) is -3.44. The van der Waals surface area contributed by atoms with Gasteiger partial charge in [0.25, 0.3) is 5.91 Å². The van der Waals surface area contributed by atoms with E-state index in [2.05, 4.69) is 21.2 Å². The number of carbonyl (C=O) groups is 2. The highest BCUT2D eigenvalue weighted by Gasteiger charge is 2.30. The maximum absolute atomic E-state index is 13.8. The SMILES string of the molecule is CS(=O)(=O)Nc1ccccc1N1CCN(C(=O)[C@@H](Cc2ccc(Cl)cc2)NC(=O)c2[c][nH]c3ccccc23)CC1. The molecule has 1 atom stereocenters. The molecule has 1 aliphatic rings. The first kappa shape index (κ1) is 27.5. The fraction of sp³-hybridized carbons (Fsp3) is 0.241. The summed E-state index contributed by atoms with van der Waals surface area (Å²) in [5.74, 6) is -0.575. The molecule has 2 amide bonds. The van der Waals surface area contributed by atoms with Gasteiger partial charge in [-0.25, -0.2) is 8.42 Å². The van der Waals surface area contributed by atoms with Crippen LogP contribution < -0.4 is 14.9 Å². The van der Waals surface area contributed by atoms with Gasteiger partial charge >= 0.3 is 0 Å². The molecule has 1 aromatic heterocycles. The summed E-state index contributed by atoms with van der Waals surface area (Å²) in [6.07, 6.45) is 4.33. The first-order valence-corrected chi connectivity index (χ1v) is 15.1. The molecule has 0 saturated carbocycles. The third-order valence-corrected chi connectivity index (χ3v) is 7.68. The van der Waals surface area contributed by atoms with Gasteiger partial charge in [0, 0.05) is 48.5 Å². The lowest BCUT2D eigenvalue weighted by Crippen LogP contribution is -2.55. The number of sulfonamides is 1. The number of nitrogens with zero attached hydrogens (tertiary/aromatic N) is 2. The number of H-pyrrole nitrogens is 1. The predicted octanol–water partition coefficient (Wildman–Crippen LogP) is 3.68. The Balaban J connectivity index is 1.33. The van der Waals surface area contributed by atoms with Crippen molar-refractivity contribution in [3.05, 3.63) is 95.1 Å². The van der Waals surface area contributed by atoms with Gasteiger partial charge < -0.3 is 20.1 Å². The van der Waals surface area contributed by atoms with Gasteiger partial charge in [0.2, 0.25) is 15.9 Å². The van der Waals surface area contributed by atoms with Crippen LogP contribution in [-0.4, -0.2) is 68.6 Å². The molecule has 1 saturated heterocycles. The number of carbonyl (C=O) groups excluding carboxylic acids is 2. The number of anilines is 2. The molecule has 5 rings (SSSR count). The highest BCUT2D eigenvalue weighted by molar-refractivity contribution is 7.92. The third kappa shape index (κ3) is 6.40. The minimum absolute atomic E-state index is 0.190. The number of hydrogen-bond donors (Lipinski definition) is 3. The van der Waals surface area contributed by atoms with Crippen LogP contribution in [0.5, 0.6) is 0 Å². The molecule has 9 nitrogen and oxygen atoms in total. The van der Waals surface area contributed by atoms with Crippen LogP contribution in [0.2, 0.25) is 5.02 Å². The van der Waals surface area contributed by atoms with Crippen molar-refractivity contribution in [3.8, 4) is 0 Å². The second-order valence-electron chi connectivity index (χ2n) is 9.73. The van der Waals surface area contributed by atoms with Crippen molar-refractivity contribution in [2.45, 2.75) is 12.5 Å². The van der Waals surface area contributed by atoms with Gasteiger partial charge in [0.05, 0.1) is 29.4 Å². The van der Waals surface area contributed by atoms with Gasteiger partial charge in [-0.3, -0.25) is 14.3 Å². The smallest absolute Gasteiger partial charge is 0.254 e. The highest BCUT2D eigenvalue weighted by atomic mass is 35.5. The second-order valence-corrected chi connectivity index (χ2v) is 11.9. The zero-order chi connectivity index (χ0) is 28.3. The molecule has 40 heavy (non-hydrogen) atoms. The fourth-order valence-corrected chi connectivity index (χ4v) is 5.59. The maximum Gasteiger partial charge on any atom is 0.254 e. The summed E-state index contributed by atoms with van der Waals surface area (Å²) in [6.45, 7) is 1.84. The summed E-state index contributed by atoms with van der Waals surface area (Å²) >= 11 is 6.06. The van der Waals surface area contributed by atoms with Crippen LogP contribution in [0, 0.1) is 6.20 Å². The largest absolute Gasteiger partial charge is 0.366 e. The van der Waals surface area contributed by atoms with Crippen LogP contribution in [0.3, 0.4) is 0 Å². The van der Waals surface area contributed by atoms with E-state index in [0.29, 0.717) is 48.9 Å². The Hall–Kier alpha value is -4.02. The maximum atomic E-state index is 13.8. The molecule has 3 N–H and O–H groups in total. The molecule has 0 bridgehead atoms. The fourth-order valence-electron chi connectivity index (χ4n) is 4.90. The van der Waals surface area contributed by atoms with Crippen LogP contribution in [0.1, 0.15) is 15.9 Å². The molecule has 11 heteroatoms. The zero-order valence-corrected chi connectivity index (χ0v) is 23.4. The molecule has 1 aliphatic heterocycles. The van der Waals surface area contributed by atoms with E-state index in [1.54, 1.807) is 29.2 Å². The van der Waals surface area contributed by atoms with Crippen LogP contribution in [0.4, 0.5) is 11.4 Å². The van der Waals surface area contributed by atoms with Crippen molar-refractivity contribution in [2.24, 2.45) is 0 Å². The topological polar surface area (TPSA) is 115 Å². The summed E-state index contributed by atoms with van der Waals surface area (Å²) < 4.78 is 26.2. The van der Waals surface area contributed by atoms with Gasteiger partial charge in [0.15, 0.2) is 0 Å². The molecule has 0 spiro atoms. The number of nitrogens with one attached hydrogen (secondary N) is 3. The van der Waals surface area contributed by atoms with E-state index in [1.165, 1.54) is 0 Å². The molecule has 3 aromatic carbocycles. The van der Waals surface area contributed by atoms with E-state index < -0.39 is 16.1 Å². The molecular formula is C29H29ClN5O4S. The number of rotatable bonds is 8. The molecular weight excluding hydrogens is 550 g/mol. The lowest BCUT2D eigenvalue weighted by Gasteiger charge is -2.38. The average Bonchev–Trinajstić information content (AvgIpc) is 3.37. The Morgan fingerprint density at radius 1 is 0.975 bits per heavy atom. The average molecular weight is 579 g/mol. The Morgan fingerprint density at radius 2 is 1.65 bits per heavy atom. The normalized spacial score (nSPS) is 14.7. The molecule has 1 fully saturated rings. The number of para-hydroxylation sites is 3. The molecule has 4 aromatic rings. The van der Waals surface area contributed by atoms with Crippen LogP contribution >= 0.6 is 11.6 Å². The van der Waals surface area contributed by atoms with Crippen molar-refractivity contribution >= 4 is 55.7 Å². The van der Waals surface area contributed by atoms with Crippen molar-refractivity contribution < 1.29 is 18.0 Å². The number of piperazine rings is 1. The number of hydrogen-bond acceptors (Lipinski definition) is 5. The van der Waals surface area contributed by atoms with Crippen molar-refractivity contribution in [1.29, 1.82) is 0 Å². The Kier molecular flexibility index (Phi) is 7.99. The van der Waals surface area contributed by atoms with E-state index in [9.17, 15) is 18.0 Å². The Bertz CT molecular complexity index is 1630. The predicted molar refractivity (Wildman–Crippen MR) is 157 cm³/mol. The van der Waals surface area contributed by atoms with E-state index >= 15 is 0 Å². The third-order valence-electron chi connectivity index (χ3n) is 6.83. The van der Waals surface area contributed by atoms with Gasteiger partial charge in [-0.1, -0.05) is 54.1 Å². The number of fused-ring (bicyclic) bond motifs is 1. The Morgan fingerprint density at radius 3 is 2.38 bits per heavy atom. The van der Waals surface area contributed by atoms with Crippen molar-refractivity contribution in [1.82, 2.24) is 15.2 Å². The summed E-state index contributed by atoms with van der Waals surface area (Å²) in [5, 5.41) is 4.26. The highest BCUT2D eigenvalue weighted by Crippen LogP contribution is 2.27. The molecule has 0 unspecified atom stereocenters. The van der Waals surface area contributed by atoms with Crippen molar-refractivity contribution in [3.63, 3.8) is 0 Å². The minimum Gasteiger partial charge on any atom is -0.366 e. The number of aromatic amines is 1. The van der Waals surface area contributed by atoms with E-state index in [0.717, 1.165) is 28.4 Å². The van der Waals surface area contributed by atoms with Gasteiger partial charge in [-0.05, 0) is 35.9 Å². The van der Waals surface area contributed by atoms with E-state index in [1.807, 2.05) is 53.4 Å². The molecule has 0 aliphatic carbocycles. The van der Waals surface area contributed by atoms with Gasteiger partial charge in [-0.2, -0.15) is 0 Å². The van der Waals surface area contributed by atoms with Gasteiger partial charge in [-0.15, -0.1) is 0 Å². The monoisotopic (exact) mass is 578 g/mol. The lowest BCUT2D eigenvalue weighted by molar-refractivity contribution is -0.133. The lowest BCUT2D eigenvalue weighted by atomic mass is 10.0. The van der Waals surface area contributed by atoms with E-state index in [-0.39, 0.29) is 11.8 Å². The molecule has 1 radical (unpaired) electrons. The first-order chi connectivity index (χ1) is 19.2. The van der Waals surface area contributed by atoms with Crippen LogP contribution in [0.15, 0.2) is 72.8 Å². The molecule has 207 valence electrons. The summed E-state index contributed by atoms with van der Waals surface area (Å²) in [6, 6.07) is 21.0. The Labute approximate surface area is 238 Å². The summed E-state index contributed by atoms with van der Waals surface area (Å²) in [5.41, 5.74) is 3.25. The second kappa shape index (κ2) is 11.6. The standard InChI is InChI=1S/C29H29ClN5O4S/c1-40(38,39)33-25-8-4-5-9-27(25)34-14-16-35(17-15-34)29(37)26(18-20-10-12-21(30)13-11-20)32-28(36)23-19-31-24-7-3-2-6-22(23)24/h2-13,26,31,33H,14-18H2,1H3,(H,32,36)/t26-/m1/s1. The first-order valence-electron chi connectivity index (χ1n) is 12.8. The number of benzene rings is 3. The summed E-state index contributed by atoms with van der Waals surface area (Å²) in [4.78, 5) is 33.9. The number of amides is 2.